The van der Waals surface area contributed by atoms with Gasteiger partial charge in [-0.2, -0.15) is 0 Å². The van der Waals surface area contributed by atoms with Gasteiger partial charge in [-0.05, 0) is 63.7 Å². The van der Waals surface area contributed by atoms with Gasteiger partial charge in [0.1, 0.15) is 24.0 Å². The molecular weight excluding hydrogens is 596 g/mol. The number of hydrogen-bond donors (Lipinski definition) is 3. The van der Waals surface area contributed by atoms with E-state index in [1.165, 1.54) is 22.3 Å². The molecule has 0 saturated carbocycles. The van der Waals surface area contributed by atoms with Crippen molar-refractivity contribution in [3.8, 4) is 22.6 Å². The standard InChI is InChI=1S/C41H30N4O3/c1-3-11-25(12-4-1)37-42-44-39(47-37)27-19-21-30-29-15-7-8-16-31(29)41(33(30)23-27)32-17-9-10-18-35(32)46-36-22-20-28(24-34(36)41)40-45-43-38(48-40)26-13-5-2-6-14-26/h1-24,37-39,42-44H. The summed E-state index contributed by atoms with van der Waals surface area (Å²) in [6.45, 7) is 0. The molecule has 3 aliphatic heterocycles. The Morgan fingerprint density at radius 2 is 1.15 bits per heavy atom. The van der Waals surface area contributed by atoms with Crippen LogP contribution in [0.1, 0.15) is 63.2 Å². The highest BCUT2D eigenvalue weighted by Crippen LogP contribution is 2.62. The SMILES string of the molecule is c1ccc(C2NN=C(c3ccc4c(c3)C3(c5ccccc5O4)c4ccccc4-c4ccc(C5NNC(c6ccccc6)O5)cc43)O2)cc1. The van der Waals surface area contributed by atoms with Crippen LogP contribution in [0.3, 0.4) is 0 Å². The maximum absolute atomic E-state index is 6.65. The van der Waals surface area contributed by atoms with Crippen LogP contribution in [0.5, 0.6) is 11.5 Å². The fourth-order valence-electron chi connectivity index (χ4n) is 7.71. The molecule has 0 radical (unpaired) electrons. The van der Waals surface area contributed by atoms with Crippen LogP contribution in [0.4, 0.5) is 0 Å². The van der Waals surface area contributed by atoms with Gasteiger partial charge < -0.3 is 14.2 Å². The summed E-state index contributed by atoms with van der Waals surface area (Å²) in [5.74, 6) is 2.19. The zero-order chi connectivity index (χ0) is 31.7. The number of para-hydroxylation sites is 1. The van der Waals surface area contributed by atoms with Crippen molar-refractivity contribution >= 4 is 5.90 Å². The molecule has 7 nitrogen and oxygen atoms in total. The second-order valence-corrected chi connectivity index (χ2v) is 12.5. The Bertz CT molecular complexity index is 2240. The third kappa shape index (κ3) is 4.02. The normalized spacial score (nSPS) is 22.8. The predicted molar refractivity (Wildman–Crippen MR) is 183 cm³/mol. The molecule has 0 amide bonds. The van der Waals surface area contributed by atoms with Crippen LogP contribution in [0.15, 0.2) is 151 Å². The number of hydrogen-bond acceptors (Lipinski definition) is 7. The molecule has 48 heavy (non-hydrogen) atoms. The third-order valence-electron chi connectivity index (χ3n) is 9.85. The van der Waals surface area contributed by atoms with E-state index >= 15 is 0 Å². The van der Waals surface area contributed by atoms with Crippen LogP contribution >= 0.6 is 0 Å². The first-order valence-corrected chi connectivity index (χ1v) is 16.2. The summed E-state index contributed by atoms with van der Waals surface area (Å²) in [6.07, 6.45) is -0.960. The average Bonchev–Trinajstić information content (AvgIpc) is 3.91. The maximum atomic E-state index is 6.65. The van der Waals surface area contributed by atoms with Crippen LogP contribution in [-0.4, -0.2) is 5.90 Å². The summed E-state index contributed by atoms with van der Waals surface area (Å²) >= 11 is 0. The summed E-state index contributed by atoms with van der Waals surface area (Å²) in [5.41, 5.74) is 20.1. The van der Waals surface area contributed by atoms with Gasteiger partial charge in [-0.25, -0.2) is 10.9 Å². The minimum Gasteiger partial charge on any atom is -0.457 e. The quantitative estimate of drug-likeness (QED) is 0.184. The monoisotopic (exact) mass is 626 g/mol. The smallest absolute Gasteiger partial charge is 0.240 e. The van der Waals surface area contributed by atoms with Crippen LogP contribution in [0.25, 0.3) is 11.1 Å². The lowest BCUT2D eigenvalue weighted by atomic mass is 9.65. The van der Waals surface area contributed by atoms with E-state index < -0.39 is 5.41 Å². The summed E-state index contributed by atoms with van der Waals surface area (Å²) in [7, 11) is 0. The number of nitrogens with zero attached hydrogens (tertiary/aromatic N) is 1. The maximum Gasteiger partial charge on any atom is 0.240 e. The van der Waals surface area contributed by atoms with Gasteiger partial charge in [0, 0.05) is 22.3 Å². The van der Waals surface area contributed by atoms with E-state index in [-0.39, 0.29) is 18.7 Å². The summed E-state index contributed by atoms with van der Waals surface area (Å²) in [5, 5.41) is 4.63. The second kappa shape index (κ2) is 10.7. The van der Waals surface area contributed by atoms with Crippen LogP contribution < -0.4 is 21.0 Å². The van der Waals surface area contributed by atoms with Gasteiger partial charge in [0.2, 0.25) is 12.1 Å². The Kier molecular flexibility index (Phi) is 6.08. The van der Waals surface area contributed by atoms with E-state index in [9.17, 15) is 0 Å². The van der Waals surface area contributed by atoms with E-state index in [1.807, 2.05) is 66.7 Å². The van der Waals surface area contributed by atoms with E-state index in [0.29, 0.717) is 5.90 Å². The number of hydrazone groups is 1. The summed E-state index contributed by atoms with van der Waals surface area (Å²) < 4.78 is 19.6. The van der Waals surface area contributed by atoms with E-state index in [2.05, 4.69) is 100 Å². The molecular formula is C41H30N4O3. The highest BCUT2D eigenvalue weighted by molar-refractivity contribution is 5.96. The first-order valence-electron chi connectivity index (χ1n) is 16.2. The molecule has 6 aromatic carbocycles. The Balaban J connectivity index is 1.13. The highest BCUT2D eigenvalue weighted by Gasteiger charge is 2.51. The minimum absolute atomic E-state index is 0.261. The highest BCUT2D eigenvalue weighted by atomic mass is 16.5. The molecule has 3 heterocycles. The number of rotatable bonds is 4. The molecule has 1 spiro atoms. The lowest BCUT2D eigenvalue weighted by Crippen LogP contribution is -2.33. The van der Waals surface area contributed by atoms with E-state index in [4.69, 9.17) is 14.2 Å². The molecule has 0 aromatic heterocycles. The Labute approximate surface area is 277 Å². The third-order valence-corrected chi connectivity index (χ3v) is 9.85. The largest absolute Gasteiger partial charge is 0.457 e. The van der Waals surface area contributed by atoms with Crippen LogP contribution in [0.2, 0.25) is 0 Å². The second-order valence-electron chi connectivity index (χ2n) is 12.5. The molecule has 4 aliphatic rings. The lowest BCUT2D eigenvalue weighted by molar-refractivity contribution is 0.0341. The van der Waals surface area contributed by atoms with Crippen molar-refractivity contribution in [2.45, 2.75) is 24.1 Å². The van der Waals surface area contributed by atoms with Crippen molar-refractivity contribution in [1.82, 2.24) is 16.3 Å². The summed E-state index contributed by atoms with van der Waals surface area (Å²) in [4.78, 5) is 0. The molecule has 10 rings (SSSR count). The zero-order valence-electron chi connectivity index (χ0n) is 25.8. The average molecular weight is 627 g/mol. The number of benzene rings is 6. The van der Waals surface area contributed by atoms with Crippen LogP contribution in [-0.2, 0) is 14.9 Å². The van der Waals surface area contributed by atoms with E-state index in [0.717, 1.165) is 44.9 Å². The topological polar surface area (TPSA) is 76.1 Å². The number of nitrogens with one attached hydrogen (secondary N) is 3. The van der Waals surface area contributed by atoms with Crippen molar-refractivity contribution in [3.05, 3.63) is 190 Å². The van der Waals surface area contributed by atoms with Crippen molar-refractivity contribution in [3.63, 3.8) is 0 Å². The van der Waals surface area contributed by atoms with Gasteiger partial charge in [0.15, 0.2) is 0 Å². The first-order chi connectivity index (χ1) is 23.8. The van der Waals surface area contributed by atoms with Gasteiger partial charge in [-0.3, -0.25) is 5.43 Å². The zero-order valence-corrected chi connectivity index (χ0v) is 25.8. The Hall–Kier alpha value is -5.73. The molecule has 3 N–H and O–H groups in total. The van der Waals surface area contributed by atoms with Gasteiger partial charge in [0.25, 0.3) is 0 Å². The molecule has 1 saturated heterocycles. The molecule has 1 aliphatic carbocycles. The molecule has 4 unspecified atom stereocenters. The molecule has 4 atom stereocenters. The fourth-order valence-corrected chi connectivity index (χ4v) is 7.71. The molecule has 6 aromatic rings. The Morgan fingerprint density at radius 1 is 0.500 bits per heavy atom. The van der Waals surface area contributed by atoms with Crippen molar-refractivity contribution in [2.75, 3.05) is 0 Å². The molecule has 0 bridgehead atoms. The first kappa shape index (κ1) is 27.4. The van der Waals surface area contributed by atoms with Gasteiger partial charge >= 0.3 is 0 Å². The lowest BCUT2D eigenvalue weighted by Gasteiger charge is -2.39. The predicted octanol–water partition coefficient (Wildman–Crippen LogP) is 7.96. The van der Waals surface area contributed by atoms with E-state index in [1.54, 1.807) is 0 Å². The Morgan fingerprint density at radius 3 is 1.96 bits per heavy atom. The number of ether oxygens (including phenoxy) is 3. The summed E-state index contributed by atoms with van der Waals surface area (Å²) in [6, 6.07) is 50.3. The molecule has 1 fully saturated rings. The van der Waals surface area contributed by atoms with Crippen molar-refractivity contribution in [1.29, 1.82) is 0 Å². The van der Waals surface area contributed by atoms with Gasteiger partial charge in [-0.1, -0.05) is 115 Å². The van der Waals surface area contributed by atoms with Crippen LogP contribution in [0, 0.1) is 0 Å². The number of hydrazine groups is 1. The number of fused-ring (bicyclic) bond motifs is 9. The van der Waals surface area contributed by atoms with Gasteiger partial charge in [0.05, 0.1) is 5.41 Å². The van der Waals surface area contributed by atoms with Crippen molar-refractivity contribution in [2.24, 2.45) is 5.10 Å². The van der Waals surface area contributed by atoms with Gasteiger partial charge in [-0.15, -0.1) is 5.10 Å². The minimum atomic E-state index is -0.654. The fraction of sp³-hybridized carbons (Fsp3) is 0.0976. The van der Waals surface area contributed by atoms with Crippen molar-refractivity contribution < 1.29 is 14.2 Å². The molecule has 7 heteroatoms. The molecule has 232 valence electrons.